The first kappa shape index (κ1) is 11.3. The molecular formula is C8H12ClNO2. The Morgan fingerprint density at radius 3 is 2.58 bits per heavy atom. The smallest absolute Gasteiger partial charge is 0.315 e. The molecule has 68 valence electrons. The third-order valence-corrected chi connectivity index (χ3v) is 1.99. The maximum atomic E-state index is 11.1. The van der Waals surface area contributed by atoms with E-state index in [1.807, 2.05) is 0 Å². The predicted molar refractivity (Wildman–Crippen MR) is 48.0 cm³/mol. The zero-order valence-electron chi connectivity index (χ0n) is 6.92. The topological polar surface area (TPSA) is 38.3 Å². The molecule has 12 heavy (non-hydrogen) atoms. The number of rotatable bonds is 2. The molecule has 0 saturated carbocycles. The summed E-state index contributed by atoms with van der Waals surface area (Å²) in [5.74, 6) is 2.29. The van der Waals surface area contributed by atoms with Gasteiger partial charge in [-0.2, -0.15) is 0 Å². The number of hydrogen-bond donors (Lipinski definition) is 1. The predicted octanol–water partition coefficient (Wildman–Crippen LogP) is 0.194. The molecule has 0 atom stereocenters. The minimum absolute atomic E-state index is 0. The maximum absolute atomic E-state index is 11.1. The summed E-state index contributed by atoms with van der Waals surface area (Å²) in [7, 11) is 1.39. The van der Waals surface area contributed by atoms with Gasteiger partial charge in [0.05, 0.1) is 7.11 Å². The first-order valence-corrected chi connectivity index (χ1v) is 3.48. The quantitative estimate of drug-likeness (QED) is 0.498. The molecule has 1 rings (SSSR count). The van der Waals surface area contributed by atoms with Crippen molar-refractivity contribution in [3.63, 3.8) is 0 Å². The van der Waals surface area contributed by atoms with Crippen LogP contribution in [-0.2, 0) is 9.53 Å². The van der Waals surface area contributed by atoms with Crippen LogP contribution in [-0.4, -0.2) is 26.2 Å². The van der Waals surface area contributed by atoms with Gasteiger partial charge in [-0.05, 0) is 0 Å². The number of nitrogens with one attached hydrogen (secondary N) is 1. The molecule has 1 aliphatic rings. The minimum atomic E-state index is -0.427. The lowest BCUT2D eigenvalue weighted by Gasteiger charge is -2.38. The average molecular weight is 190 g/mol. The van der Waals surface area contributed by atoms with Crippen LogP contribution in [0.1, 0.15) is 6.42 Å². The van der Waals surface area contributed by atoms with E-state index in [4.69, 9.17) is 6.42 Å². The number of carbonyl (C=O) groups excluding carboxylic acids is 1. The summed E-state index contributed by atoms with van der Waals surface area (Å²) in [5, 5.41) is 3.01. The molecular weight excluding hydrogens is 178 g/mol. The van der Waals surface area contributed by atoms with Crippen LogP contribution in [0.15, 0.2) is 0 Å². The van der Waals surface area contributed by atoms with Crippen molar-refractivity contribution >= 4 is 18.4 Å². The summed E-state index contributed by atoms with van der Waals surface area (Å²) in [6, 6.07) is 0. The minimum Gasteiger partial charge on any atom is -0.468 e. The second-order valence-corrected chi connectivity index (χ2v) is 2.76. The van der Waals surface area contributed by atoms with Crippen LogP contribution >= 0.6 is 12.4 Å². The van der Waals surface area contributed by atoms with Gasteiger partial charge in [-0.1, -0.05) is 0 Å². The average Bonchev–Trinajstić information content (AvgIpc) is 1.95. The van der Waals surface area contributed by atoms with Gasteiger partial charge in [0.25, 0.3) is 0 Å². The summed E-state index contributed by atoms with van der Waals surface area (Å²) in [5.41, 5.74) is -0.427. The molecule has 0 aromatic rings. The first-order chi connectivity index (χ1) is 5.25. The molecule has 0 aliphatic carbocycles. The number of halogens is 1. The van der Waals surface area contributed by atoms with Crippen molar-refractivity contribution in [1.82, 2.24) is 5.32 Å². The van der Waals surface area contributed by atoms with Gasteiger partial charge in [-0.15, -0.1) is 24.8 Å². The molecule has 0 aromatic carbocycles. The molecule has 3 nitrogen and oxygen atoms in total. The molecule has 0 unspecified atom stereocenters. The summed E-state index contributed by atoms with van der Waals surface area (Å²) < 4.78 is 4.64. The van der Waals surface area contributed by atoms with E-state index in [0.717, 1.165) is 0 Å². The van der Waals surface area contributed by atoms with Crippen LogP contribution < -0.4 is 5.32 Å². The largest absolute Gasteiger partial charge is 0.468 e. The van der Waals surface area contributed by atoms with Gasteiger partial charge in [0.2, 0.25) is 0 Å². The van der Waals surface area contributed by atoms with Crippen molar-refractivity contribution in [3.05, 3.63) is 0 Å². The van der Waals surface area contributed by atoms with Gasteiger partial charge < -0.3 is 10.1 Å². The molecule has 4 heteroatoms. The summed E-state index contributed by atoms with van der Waals surface area (Å²) in [6.07, 6.45) is 5.60. The van der Waals surface area contributed by atoms with Crippen LogP contribution in [0.4, 0.5) is 0 Å². The molecule has 0 aromatic heterocycles. The van der Waals surface area contributed by atoms with E-state index < -0.39 is 5.41 Å². The SMILES string of the molecule is C#CCC1(C(=O)OC)CNC1.Cl. The van der Waals surface area contributed by atoms with Gasteiger partial charge in [-0.3, -0.25) is 4.79 Å². The molecule has 0 amide bonds. The van der Waals surface area contributed by atoms with Crippen molar-refractivity contribution in [2.24, 2.45) is 5.41 Å². The number of terminal acetylenes is 1. The Kier molecular flexibility index (Phi) is 4.08. The first-order valence-electron chi connectivity index (χ1n) is 3.48. The fourth-order valence-electron chi connectivity index (χ4n) is 1.18. The number of ether oxygens (including phenoxy) is 1. The monoisotopic (exact) mass is 189 g/mol. The Morgan fingerprint density at radius 2 is 2.33 bits per heavy atom. The normalized spacial score (nSPS) is 18.0. The van der Waals surface area contributed by atoms with E-state index in [-0.39, 0.29) is 18.4 Å². The molecule has 0 radical (unpaired) electrons. The van der Waals surface area contributed by atoms with Gasteiger partial charge >= 0.3 is 5.97 Å². The fourth-order valence-corrected chi connectivity index (χ4v) is 1.18. The highest BCUT2D eigenvalue weighted by Gasteiger charge is 2.44. The molecule has 0 bridgehead atoms. The Labute approximate surface area is 78.3 Å². The molecule has 0 spiro atoms. The number of carbonyl (C=O) groups is 1. The molecule has 1 fully saturated rings. The van der Waals surface area contributed by atoms with E-state index >= 15 is 0 Å². The Morgan fingerprint density at radius 1 is 1.75 bits per heavy atom. The zero-order valence-corrected chi connectivity index (χ0v) is 7.74. The lowest BCUT2D eigenvalue weighted by molar-refractivity contribution is -0.155. The molecule has 1 aliphatic heterocycles. The van der Waals surface area contributed by atoms with E-state index in [0.29, 0.717) is 19.5 Å². The zero-order chi connectivity index (χ0) is 8.32. The third-order valence-electron chi connectivity index (χ3n) is 1.99. The fraction of sp³-hybridized carbons (Fsp3) is 0.625. The number of methoxy groups -OCH3 is 1. The summed E-state index contributed by atoms with van der Waals surface area (Å²) in [6.45, 7) is 1.29. The highest BCUT2D eigenvalue weighted by atomic mass is 35.5. The second kappa shape index (κ2) is 4.34. The van der Waals surface area contributed by atoms with E-state index in [9.17, 15) is 4.79 Å². The van der Waals surface area contributed by atoms with E-state index in [1.54, 1.807) is 0 Å². The van der Waals surface area contributed by atoms with E-state index in [2.05, 4.69) is 16.0 Å². The van der Waals surface area contributed by atoms with Gasteiger partial charge in [0.1, 0.15) is 5.41 Å². The van der Waals surface area contributed by atoms with Crippen LogP contribution in [0.5, 0.6) is 0 Å². The summed E-state index contributed by atoms with van der Waals surface area (Å²) in [4.78, 5) is 11.1. The van der Waals surface area contributed by atoms with Crippen molar-refractivity contribution in [2.75, 3.05) is 20.2 Å². The van der Waals surface area contributed by atoms with Gasteiger partial charge in [0, 0.05) is 19.5 Å². The van der Waals surface area contributed by atoms with E-state index in [1.165, 1.54) is 7.11 Å². The van der Waals surface area contributed by atoms with Crippen molar-refractivity contribution in [1.29, 1.82) is 0 Å². The number of hydrogen-bond acceptors (Lipinski definition) is 3. The lowest BCUT2D eigenvalue weighted by atomic mass is 9.79. The molecule has 1 N–H and O–H groups in total. The Balaban J connectivity index is 0.00000121. The Bertz CT molecular complexity index is 206. The maximum Gasteiger partial charge on any atom is 0.315 e. The van der Waals surface area contributed by atoms with Gasteiger partial charge in [-0.25, -0.2) is 0 Å². The summed E-state index contributed by atoms with van der Waals surface area (Å²) >= 11 is 0. The van der Waals surface area contributed by atoms with Crippen molar-refractivity contribution in [2.45, 2.75) is 6.42 Å². The standard InChI is InChI=1S/C8H11NO2.ClH/c1-3-4-8(5-9-6-8)7(10)11-2;/h1,9H,4-6H2,2H3;1H. The third kappa shape index (κ3) is 1.71. The van der Waals surface area contributed by atoms with Crippen LogP contribution in [0.2, 0.25) is 0 Å². The lowest BCUT2D eigenvalue weighted by Crippen LogP contribution is -2.58. The van der Waals surface area contributed by atoms with Crippen molar-refractivity contribution in [3.8, 4) is 12.3 Å². The van der Waals surface area contributed by atoms with Crippen LogP contribution in [0.3, 0.4) is 0 Å². The van der Waals surface area contributed by atoms with Crippen molar-refractivity contribution < 1.29 is 9.53 Å². The number of esters is 1. The Hall–Kier alpha value is -0.720. The second-order valence-electron chi connectivity index (χ2n) is 2.76. The molecule has 1 heterocycles. The van der Waals surface area contributed by atoms with Crippen LogP contribution in [0, 0.1) is 17.8 Å². The van der Waals surface area contributed by atoms with Gasteiger partial charge in [0.15, 0.2) is 0 Å². The molecule has 1 saturated heterocycles. The van der Waals surface area contributed by atoms with Crippen LogP contribution in [0.25, 0.3) is 0 Å². The highest BCUT2D eigenvalue weighted by Crippen LogP contribution is 2.27. The highest BCUT2D eigenvalue weighted by molar-refractivity contribution is 5.85.